The van der Waals surface area contributed by atoms with Crippen molar-refractivity contribution in [2.24, 2.45) is 0 Å². The van der Waals surface area contributed by atoms with E-state index < -0.39 is 5.97 Å². The number of aromatic carboxylic acids is 1. The van der Waals surface area contributed by atoms with Crippen LogP contribution in [-0.2, 0) is 4.74 Å². The Morgan fingerprint density at radius 2 is 2.16 bits per heavy atom. The molecule has 1 aromatic carbocycles. The fraction of sp³-hybridized carbons (Fsp3) is 0.462. The Morgan fingerprint density at radius 1 is 1.42 bits per heavy atom. The molecule has 0 saturated carbocycles. The summed E-state index contributed by atoms with van der Waals surface area (Å²) in [6.45, 7) is 2.91. The van der Waals surface area contributed by atoms with Gasteiger partial charge in [0.05, 0.1) is 18.8 Å². The highest BCUT2D eigenvalue weighted by atomic mass is 79.9. The van der Waals surface area contributed by atoms with Crippen LogP contribution in [0.1, 0.15) is 10.4 Å². The number of ether oxygens (including phenoxy) is 1. The van der Waals surface area contributed by atoms with Gasteiger partial charge in [0, 0.05) is 23.2 Å². The number of halogens is 1. The number of nitrogens with one attached hydrogen (secondary N) is 1. The molecule has 6 heteroatoms. The summed E-state index contributed by atoms with van der Waals surface area (Å²) in [5, 5.41) is 12.1. The maximum atomic E-state index is 10.8. The van der Waals surface area contributed by atoms with Crippen LogP contribution < -0.4 is 5.32 Å². The Balaban J connectivity index is 2.30. The minimum Gasteiger partial charge on any atom is -0.478 e. The van der Waals surface area contributed by atoms with Crippen LogP contribution in [0.2, 0.25) is 0 Å². The first-order chi connectivity index (χ1) is 9.00. The molecule has 0 fully saturated rings. The van der Waals surface area contributed by atoms with Crippen LogP contribution >= 0.6 is 15.9 Å². The molecule has 1 rings (SSSR count). The largest absolute Gasteiger partial charge is 0.478 e. The SMILES string of the molecule is CN(C)CCOCCNc1ccc(C(=O)O)c(Br)c1. The standard InChI is InChI=1S/C13H19BrN2O3/c1-16(2)6-8-19-7-5-15-10-3-4-11(13(17)18)12(14)9-10/h3-4,9,15H,5-8H2,1-2H3,(H,17,18). The Hall–Kier alpha value is -1.11. The van der Waals surface area contributed by atoms with Crippen LogP contribution in [0.4, 0.5) is 5.69 Å². The third-order valence-corrected chi connectivity index (χ3v) is 3.11. The molecule has 19 heavy (non-hydrogen) atoms. The molecule has 0 amide bonds. The molecular weight excluding hydrogens is 312 g/mol. The number of rotatable bonds is 8. The van der Waals surface area contributed by atoms with Crippen molar-refractivity contribution in [3.63, 3.8) is 0 Å². The quantitative estimate of drug-likeness (QED) is 0.715. The van der Waals surface area contributed by atoms with Gasteiger partial charge in [-0.15, -0.1) is 0 Å². The second kappa shape index (κ2) is 8.14. The van der Waals surface area contributed by atoms with Gasteiger partial charge < -0.3 is 20.1 Å². The zero-order valence-corrected chi connectivity index (χ0v) is 12.7. The molecule has 0 radical (unpaired) electrons. The molecule has 2 N–H and O–H groups in total. The number of likely N-dealkylation sites (N-methyl/N-ethyl adjacent to an activating group) is 1. The van der Waals surface area contributed by atoms with E-state index in [-0.39, 0.29) is 5.56 Å². The molecule has 0 heterocycles. The van der Waals surface area contributed by atoms with Gasteiger partial charge in [0.2, 0.25) is 0 Å². The van der Waals surface area contributed by atoms with E-state index in [9.17, 15) is 4.79 Å². The summed E-state index contributed by atoms with van der Waals surface area (Å²) in [6, 6.07) is 5.07. The highest BCUT2D eigenvalue weighted by Gasteiger charge is 2.07. The van der Waals surface area contributed by atoms with Gasteiger partial charge in [-0.25, -0.2) is 4.79 Å². The van der Waals surface area contributed by atoms with Crippen LogP contribution in [0, 0.1) is 0 Å². The molecule has 5 nitrogen and oxygen atoms in total. The van der Waals surface area contributed by atoms with Crippen molar-refractivity contribution in [1.82, 2.24) is 4.90 Å². The lowest BCUT2D eigenvalue weighted by Gasteiger charge is -2.11. The van der Waals surface area contributed by atoms with E-state index in [1.807, 2.05) is 14.1 Å². The smallest absolute Gasteiger partial charge is 0.336 e. The first-order valence-electron chi connectivity index (χ1n) is 6.00. The highest BCUT2D eigenvalue weighted by Crippen LogP contribution is 2.21. The van der Waals surface area contributed by atoms with Crippen LogP contribution in [0.5, 0.6) is 0 Å². The van der Waals surface area contributed by atoms with E-state index in [0.29, 0.717) is 24.2 Å². The molecule has 0 aliphatic heterocycles. The first kappa shape index (κ1) is 15.9. The van der Waals surface area contributed by atoms with E-state index >= 15 is 0 Å². The fourth-order valence-electron chi connectivity index (χ4n) is 1.42. The van der Waals surface area contributed by atoms with Crippen molar-refractivity contribution in [3.8, 4) is 0 Å². The molecule has 0 spiro atoms. The number of carbonyl (C=O) groups is 1. The maximum absolute atomic E-state index is 10.8. The second-order valence-electron chi connectivity index (χ2n) is 4.34. The number of nitrogens with zero attached hydrogens (tertiary/aromatic N) is 1. The van der Waals surface area contributed by atoms with E-state index in [2.05, 4.69) is 26.1 Å². The molecule has 0 bridgehead atoms. The van der Waals surface area contributed by atoms with Gasteiger partial charge in [-0.3, -0.25) is 0 Å². The van der Waals surface area contributed by atoms with E-state index in [1.165, 1.54) is 0 Å². The van der Waals surface area contributed by atoms with Crippen LogP contribution in [0.3, 0.4) is 0 Å². The lowest BCUT2D eigenvalue weighted by molar-refractivity contribution is 0.0696. The van der Waals surface area contributed by atoms with E-state index in [0.717, 1.165) is 12.2 Å². The van der Waals surface area contributed by atoms with Crippen molar-refractivity contribution < 1.29 is 14.6 Å². The number of hydrogen-bond donors (Lipinski definition) is 2. The predicted molar refractivity (Wildman–Crippen MR) is 79.0 cm³/mol. The third kappa shape index (κ3) is 6.04. The Bertz CT molecular complexity index is 424. The Labute approximate surface area is 121 Å². The summed E-state index contributed by atoms with van der Waals surface area (Å²) in [6.07, 6.45) is 0. The van der Waals surface area contributed by atoms with Gasteiger partial charge in [-0.1, -0.05) is 0 Å². The van der Waals surface area contributed by atoms with Crippen molar-refractivity contribution in [2.75, 3.05) is 45.7 Å². The van der Waals surface area contributed by atoms with Gasteiger partial charge in [-0.05, 0) is 48.2 Å². The average Bonchev–Trinajstić information content (AvgIpc) is 2.32. The number of carboxylic acid groups (broad SMARTS) is 1. The number of anilines is 1. The Kier molecular flexibility index (Phi) is 6.83. The summed E-state index contributed by atoms with van der Waals surface area (Å²) in [5.74, 6) is -0.939. The van der Waals surface area contributed by atoms with E-state index in [4.69, 9.17) is 9.84 Å². The Morgan fingerprint density at radius 3 is 2.74 bits per heavy atom. The predicted octanol–water partition coefficient (Wildman–Crippen LogP) is 2.14. The summed E-state index contributed by atoms with van der Waals surface area (Å²) < 4.78 is 6.02. The lowest BCUT2D eigenvalue weighted by atomic mass is 10.2. The fourth-order valence-corrected chi connectivity index (χ4v) is 1.96. The molecule has 0 atom stereocenters. The lowest BCUT2D eigenvalue weighted by Crippen LogP contribution is -2.20. The molecule has 0 unspecified atom stereocenters. The minimum absolute atomic E-state index is 0.257. The summed E-state index contributed by atoms with van der Waals surface area (Å²) in [7, 11) is 4.01. The van der Waals surface area contributed by atoms with Crippen molar-refractivity contribution >= 4 is 27.6 Å². The van der Waals surface area contributed by atoms with Crippen molar-refractivity contribution in [2.45, 2.75) is 0 Å². The van der Waals surface area contributed by atoms with Gasteiger partial charge in [-0.2, -0.15) is 0 Å². The van der Waals surface area contributed by atoms with Gasteiger partial charge in [0.25, 0.3) is 0 Å². The molecular formula is C13H19BrN2O3. The maximum Gasteiger partial charge on any atom is 0.336 e. The monoisotopic (exact) mass is 330 g/mol. The molecule has 0 aromatic heterocycles. The summed E-state index contributed by atoms with van der Waals surface area (Å²) in [4.78, 5) is 12.9. The van der Waals surface area contributed by atoms with Gasteiger partial charge in [0.15, 0.2) is 0 Å². The van der Waals surface area contributed by atoms with Gasteiger partial charge in [0.1, 0.15) is 0 Å². The molecule has 106 valence electrons. The number of carboxylic acids is 1. The average molecular weight is 331 g/mol. The molecule has 0 saturated heterocycles. The van der Waals surface area contributed by atoms with Crippen LogP contribution in [-0.4, -0.2) is 56.4 Å². The zero-order valence-electron chi connectivity index (χ0n) is 11.1. The topological polar surface area (TPSA) is 61.8 Å². The number of benzene rings is 1. The second-order valence-corrected chi connectivity index (χ2v) is 5.20. The number of hydrogen-bond acceptors (Lipinski definition) is 4. The summed E-state index contributed by atoms with van der Waals surface area (Å²) >= 11 is 3.24. The zero-order chi connectivity index (χ0) is 14.3. The molecule has 0 aliphatic rings. The minimum atomic E-state index is -0.939. The van der Waals surface area contributed by atoms with Crippen LogP contribution in [0.25, 0.3) is 0 Å². The highest BCUT2D eigenvalue weighted by molar-refractivity contribution is 9.10. The first-order valence-corrected chi connectivity index (χ1v) is 6.79. The molecule has 1 aromatic rings. The third-order valence-electron chi connectivity index (χ3n) is 2.46. The van der Waals surface area contributed by atoms with Crippen molar-refractivity contribution in [3.05, 3.63) is 28.2 Å². The van der Waals surface area contributed by atoms with Crippen LogP contribution in [0.15, 0.2) is 22.7 Å². The normalized spacial score (nSPS) is 10.7. The van der Waals surface area contributed by atoms with E-state index in [1.54, 1.807) is 18.2 Å². The van der Waals surface area contributed by atoms with Crippen molar-refractivity contribution in [1.29, 1.82) is 0 Å². The molecule has 0 aliphatic carbocycles. The summed E-state index contributed by atoms with van der Waals surface area (Å²) in [5.41, 5.74) is 1.13. The van der Waals surface area contributed by atoms with Gasteiger partial charge >= 0.3 is 5.97 Å².